The first kappa shape index (κ1) is 63.0. The second-order valence-corrected chi connectivity index (χ2v) is 35.3. The Bertz CT molecular complexity index is 7490. The van der Waals surface area contributed by atoms with Crippen LogP contribution in [0.15, 0.2) is 298 Å². The van der Waals surface area contributed by atoms with Crippen LogP contribution in [0.2, 0.25) is 0 Å². The molecule has 0 radical (unpaired) electrons. The molecule has 0 unspecified atom stereocenters. The van der Waals surface area contributed by atoms with Gasteiger partial charge < -0.3 is 0 Å². The van der Waals surface area contributed by atoms with E-state index in [2.05, 4.69) is 16.7 Å². The zero-order valence-corrected chi connectivity index (χ0v) is 76.5. The molecule has 5 aromatic heterocycles. The van der Waals surface area contributed by atoms with Gasteiger partial charge in [-0.25, -0.2) is 22.8 Å². The van der Waals surface area contributed by atoms with Crippen molar-refractivity contribution >= 4 is 0 Å². The van der Waals surface area contributed by atoms with Crippen LogP contribution in [0.25, 0.3) is 112 Å². The number of hydrogen-bond acceptors (Lipinski definition) is 0. The van der Waals surface area contributed by atoms with E-state index in [0.717, 1.165) is 162 Å². The lowest BCUT2D eigenvalue weighted by Crippen LogP contribution is -2.32. The van der Waals surface area contributed by atoms with Gasteiger partial charge in [0.25, 0.3) is 0 Å². The van der Waals surface area contributed by atoms with Crippen LogP contribution in [0.1, 0.15) is 230 Å². The van der Waals surface area contributed by atoms with Crippen LogP contribution in [-0.4, -0.2) is 0 Å². The molecule has 0 spiro atoms. The molecule has 2 aliphatic carbocycles. The van der Waals surface area contributed by atoms with Crippen molar-refractivity contribution in [1.29, 1.82) is 0 Å². The maximum Gasteiger partial charge on any atom is 0.212 e. The van der Waals surface area contributed by atoms with Crippen molar-refractivity contribution in [3.8, 4) is 112 Å². The maximum absolute atomic E-state index is 9.08. The average Bonchev–Trinajstić information content (AvgIpc) is 1.20. The number of benzene rings is 10. The van der Waals surface area contributed by atoms with Crippen LogP contribution in [0.3, 0.4) is 0 Å². The lowest BCUT2D eigenvalue weighted by Gasteiger charge is -2.22. The molecule has 2 fully saturated rings. The highest BCUT2D eigenvalue weighted by atomic mass is 14.9. The van der Waals surface area contributed by atoms with E-state index in [4.69, 9.17) is 37.0 Å². The molecule has 2 aliphatic rings. The third-order valence-corrected chi connectivity index (χ3v) is 23.9. The summed E-state index contributed by atoms with van der Waals surface area (Å²) in [5, 5.41) is 0. The fraction of sp³-hybridized carbons (Fsp3) is 0.303. The Labute approximate surface area is 801 Å². The van der Waals surface area contributed by atoms with E-state index < -0.39 is 77.9 Å². The first-order valence-electron chi connectivity index (χ1n) is 57.7. The monoisotopic (exact) mass is 1700 g/mol. The summed E-state index contributed by atoms with van der Waals surface area (Å²) in [4.78, 5) is 0. The number of hydrogen-bond donors (Lipinski definition) is 0. The smallest absolute Gasteiger partial charge is 0.201 e. The summed E-state index contributed by atoms with van der Waals surface area (Å²) < 4.78 is 230. The predicted octanol–water partition coefficient (Wildman–Crippen LogP) is 29.4. The molecule has 5 heteroatoms. The number of aryl methyl sites for hydroxylation is 17. The third-order valence-electron chi connectivity index (χ3n) is 23.9. The predicted molar refractivity (Wildman–Crippen MR) is 538 cm³/mol. The van der Waals surface area contributed by atoms with Gasteiger partial charge in [-0.05, 0) is 314 Å². The highest BCUT2D eigenvalue weighted by molar-refractivity contribution is 5.81. The second-order valence-electron chi connectivity index (χ2n) is 35.3. The molecule has 0 saturated heterocycles. The van der Waals surface area contributed by atoms with Gasteiger partial charge in [0.2, 0.25) is 28.5 Å². The summed E-state index contributed by atoms with van der Waals surface area (Å²) in [6.45, 7) is 3.30. The highest BCUT2D eigenvalue weighted by Gasteiger charge is 2.28. The van der Waals surface area contributed by atoms with Gasteiger partial charge in [-0.15, -0.1) is 0 Å². The summed E-state index contributed by atoms with van der Waals surface area (Å²) in [7, 11) is 9.45. The fourth-order valence-electron chi connectivity index (χ4n) is 17.3. The first-order chi connectivity index (χ1) is 71.6. The molecule has 10 aromatic carbocycles. The minimum absolute atomic E-state index is 0.169. The van der Waals surface area contributed by atoms with Gasteiger partial charge in [0, 0.05) is 124 Å². The Kier molecular flexibility index (Phi) is 20.8. The van der Waals surface area contributed by atoms with Gasteiger partial charge in [-0.1, -0.05) is 249 Å². The minimum atomic E-state index is -2.32. The molecule has 0 aliphatic heterocycles. The van der Waals surface area contributed by atoms with Crippen molar-refractivity contribution in [2.75, 3.05) is 0 Å². The summed E-state index contributed by atoms with van der Waals surface area (Å²) >= 11 is 0. The lowest BCUT2D eigenvalue weighted by atomic mass is 9.83. The van der Waals surface area contributed by atoms with Crippen molar-refractivity contribution in [3.63, 3.8) is 0 Å². The molecule has 0 atom stereocenters. The second kappa shape index (κ2) is 42.0. The lowest BCUT2D eigenvalue weighted by molar-refractivity contribution is -0.660. The molecule has 2 saturated carbocycles. The SMILES string of the molecule is [2H]C([2H])([2H])c1cc(C)c(-c2cc(C([2H])([2H])C(C)(C)C)cc[n+]2C)cc1-c1ccccc1.[2H]C([2H])([2H])c1cc(C)c(-c2cc(C([2H])([2H])C(C)C)cc[n+]2C)cc1-c1ccccc1.[2H]C([2H])([2H])c1cc(C)c(-c2cc(C3([2H])CCCC3)c(C([2H])([2H])[2H])c[n+]2C)cc1-c1ccccc1.[2H]C([2H])([2H])c1cc(C)c(-c2cc(C3([2H])CCCCC3)cc[n+]2C)cc1-c1ccccc1.[2H]C([2H])([2H])c1ccc(-c2cc(-c3ccccc3)c(C([2H])([2H])[2H])cc2C)[n+](C)c1. The van der Waals surface area contributed by atoms with Crippen LogP contribution in [0.5, 0.6) is 0 Å². The maximum atomic E-state index is 9.08. The van der Waals surface area contributed by atoms with Gasteiger partial charge >= 0.3 is 0 Å². The topological polar surface area (TPSA) is 19.4 Å². The van der Waals surface area contributed by atoms with E-state index in [1.165, 1.54) is 6.42 Å². The Morgan fingerprint density at radius 2 is 0.630 bits per heavy atom. The van der Waals surface area contributed by atoms with Crippen LogP contribution in [0.4, 0.5) is 0 Å². The van der Waals surface area contributed by atoms with Gasteiger partial charge in [0.05, 0.1) is 0 Å². The number of rotatable bonds is 15. The van der Waals surface area contributed by atoms with E-state index in [0.29, 0.717) is 74.0 Å². The van der Waals surface area contributed by atoms with Crippen LogP contribution < -0.4 is 22.8 Å². The Morgan fingerprint density at radius 3 is 0.984 bits per heavy atom. The van der Waals surface area contributed by atoms with Gasteiger partial charge in [-0.3, -0.25) is 0 Å². The molecule has 0 amide bonds. The van der Waals surface area contributed by atoms with Crippen molar-refractivity contribution in [1.82, 2.24) is 0 Å². The number of pyridine rings is 5. The Balaban J connectivity index is 0.000000160. The van der Waals surface area contributed by atoms with Crippen LogP contribution in [-0.2, 0) is 48.0 Å². The molecular formula is C122H140N5+5. The highest BCUT2D eigenvalue weighted by Crippen LogP contribution is 2.42. The van der Waals surface area contributed by atoms with E-state index in [-0.39, 0.29) is 22.6 Å². The van der Waals surface area contributed by atoms with Crippen molar-refractivity contribution in [2.45, 2.75) is 200 Å². The summed E-state index contributed by atoms with van der Waals surface area (Å²) in [6.07, 6.45) is 14.3. The van der Waals surface area contributed by atoms with E-state index >= 15 is 0 Å². The van der Waals surface area contributed by atoms with Gasteiger partial charge in [0.1, 0.15) is 35.2 Å². The number of aromatic nitrogens is 5. The minimum Gasteiger partial charge on any atom is -0.201 e. The van der Waals surface area contributed by atoms with Crippen LogP contribution in [0, 0.1) is 93.9 Å². The fourth-order valence-corrected chi connectivity index (χ4v) is 17.3. The average molecular weight is 1700 g/mol. The Hall–Kier alpha value is -12.1. The van der Waals surface area contributed by atoms with Gasteiger partial charge in [-0.2, -0.15) is 0 Å². The molecular weight excluding hydrogens is 1540 g/mol. The standard InChI is InChI=1S/2C26H30N.C25H30N.C24H28N.C21H22N/c1-18-14-19(2)25(15-23(18)21-10-6-5-7-11-21)26-16-24(20(3)17-27(26)4)22-12-8-9-13-22;1-19-16-20(2)25(18-24(19)22-12-8-5-9-13-22)26-17-23(14-15-27(26)3)21-10-6-4-7-11-21;1-18-14-19(2)23(16-22(18)21-10-8-7-9-11-21)24-15-20(12-13-26(24)6)17-25(3,4)5;1-17(2)13-20-11-12-25(5)24(15-20)23-16-22(18(3)14-19(23)4)21-9-7-6-8-10-21;1-15-10-11-21(22(4)14-15)20-13-19(16(2)12-17(20)3)18-8-6-5-7-9-18/h5-7,10-11,14-17,22H,8-9,12-13H2,1-4H3;5,8-9,12-18,21H,4,6-7,10-11H2,1-3H3;7-16H,17H2,1-6H3;6-12,14-17H,13H2,1-5H3;5-14H,1-4H3/q5*+1/i1D3,3D3,22D;1D3,21D;1D3,17D2;3D3,13D2;1D3,2D3. The number of nitrogens with zero attached hydrogens (tertiary/aromatic N) is 5. The van der Waals surface area contributed by atoms with Crippen molar-refractivity contribution < 1.29 is 59.8 Å². The van der Waals surface area contributed by atoms with Crippen molar-refractivity contribution in [2.24, 2.45) is 46.6 Å². The van der Waals surface area contributed by atoms with Crippen LogP contribution >= 0.6 is 0 Å². The molecule has 5 heterocycles. The Morgan fingerprint density at radius 1 is 0.307 bits per heavy atom. The quantitative estimate of drug-likeness (QED) is 0.0912. The first-order valence-corrected chi connectivity index (χ1v) is 44.2. The van der Waals surface area contributed by atoms with Crippen molar-refractivity contribution in [3.05, 3.63) is 387 Å². The van der Waals surface area contributed by atoms with E-state index in [1.54, 1.807) is 72.0 Å². The zero-order valence-electron chi connectivity index (χ0n) is 103. The molecule has 17 rings (SSSR count). The molecule has 0 N–H and O–H groups in total. The molecule has 15 aromatic rings. The molecule has 5 nitrogen and oxygen atoms in total. The van der Waals surface area contributed by atoms with E-state index in [9.17, 15) is 0 Å². The summed E-state index contributed by atoms with van der Waals surface area (Å²) in [5.74, 6) is -1.63. The third kappa shape index (κ3) is 23.2. The zero-order chi connectivity index (χ0) is 113. The summed E-state index contributed by atoms with van der Waals surface area (Å²) in [6, 6.07) is 82.9. The molecule has 127 heavy (non-hydrogen) atoms. The van der Waals surface area contributed by atoms with E-state index in [1.807, 2.05) is 336 Å². The summed E-state index contributed by atoms with van der Waals surface area (Å²) in [5.41, 5.74) is 25.0. The normalized spacial score (nSPS) is 17.3. The molecule has 0 bridgehead atoms. The molecule has 648 valence electrons. The van der Waals surface area contributed by atoms with Gasteiger partial charge in [0.15, 0.2) is 31.0 Å². The largest absolute Gasteiger partial charge is 0.212 e.